The van der Waals surface area contributed by atoms with Gasteiger partial charge in [0.25, 0.3) is 0 Å². The smallest absolute Gasteiger partial charge is 0.477 e. The molecule has 0 amide bonds. The van der Waals surface area contributed by atoms with E-state index in [-0.39, 0.29) is 0 Å². The molecule has 0 bridgehead atoms. The van der Waals surface area contributed by atoms with Gasteiger partial charge in [0.15, 0.2) is 0 Å². The van der Waals surface area contributed by atoms with Crippen LogP contribution in [0.1, 0.15) is 19.5 Å². The van der Waals surface area contributed by atoms with Gasteiger partial charge in [0.1, 0.15) is 5.65 Å². The number of carboxylic acid groups (broad SMARTS) is 1. The van der Waals surface area contributed by atoms with Crippen molar-refractivity contribution < 1.29 is 27.8 Å². The van der Waals surface area contributed by atoms with E-state index in [1.165, 1.54) is 0 Å². The summed E-state index contributed by atoms with van der Waals surface area (Å²) < 4.78 is 38.4. The Morgan fingerprint density at radius 2 is 1.85 bits per heavy atom. The highest BCUT2D eigenvalue weighted by atomic mass is 79.9. The fraction of sp³-hybridized carbons (Fsp3) is 0.250. The topological polar surface area (TPSA) is 126 Å². The van der Waals surface area contributed by atoms with Crippen molar-refractivity contribution in [1.29, 1.82) is 0 Å². The summed E-state index contributed by atoms with van der Waals surface area (Å²) in [4.78, 5) is 30.0. The number of nitrogens with zero attached hydrogens (tertiary/aromatic N) is 4. The number of aromatic nitrogens is 5. The highest BCUT2D eigenvalue weighted by Crippen LogP contribution is 2.34. The first-order chi connectivity index (χ1) is 15.6. The second kappa shape index (κ2) is 9.98. The number of anilines is 2. The van der Waals surface area contributed by atoms with Crippen LogP contribution in [0.4, 0.5) is 24.8 Å². The molecule has 0 aliphatic rings. The molecule has 0 unspecified atom stereocenters. The number of ether oxygens (including phenoxy) is 1. The van der Waals surface area contributed by atoms with Crippen LogP contribution in [0.3, 0.4) is 0 Å². The Bertz CT molecular complexity index is 1300. The predicted octanol–water partition coefficient (Wildman–Crippen LogP) is 5.00. The van der Waals surface area contributed by atoms with Gasteiger partial charge in [0.05, 0.1) is 27.5 Å². The van der Waals surface area contributed by atoms with Gasteiger partial charge in [-0.3, -0.25) is 9.97 Å². The van der Waals surface area contributed by atoms with Crippen LogP contribution >= 0.6 is 15.9 Å². The van der Waals surface area contributed by atoms with Crippen molar-refractivity contribution in [3.63, 3.8) is 0 Å². The fourth-order valence-corrected chi connectivity index (χ4v) is 3.52. The van der Waals surface area contributed by atoms with Crippen molar-refractivity contribution in [3.05, 3.63) is 40.8 Å². The van der Waals surface area contributed by atoms with Crippen LogP contribution in [0.5, 0.6) is 5.88 Å². The lowest BCUT2D eigenvalue weighted by Crippen LogP contribution is -2.21. The largest absolute Gasteiger partial charge is 0.490 e. The normalized spacial score (nSPS) is 11.2. The van der Waals surface area contributed by atoms with Crippen molar-refractivity contribution in [2.24, 2.45) is 0 Å². The summed E-state index contributed by atoms with van der Waals surface area (Å²) >= 11 is 3.62. The van der Waals surface area contributed by atoms with Crippen molar-refractivity contribution in [2.75, 3.05) is 11.9 Å². The molecule has 0 radical (unpaired) electrons. The van der Waals surface area contributed by atoms with E-state index in [4.69, 9.17) is 14.6 Å². The van der Waals surface area contributed by atoms with Gasteiger partial charge in [0.2, 0.25) is 11.8 Å². The number of benzene rings is 1. The van der Waals surface area contributed by atoms with Gasteiger partial charge in [-0.25, -0.2) is 4.79 Å². The quantitative estimate of drug-likeness (QED) is 0.331. The lowest BCUT2D eigenvalue weighted by Gasteiger charge is -2.09. The number of nitrogens with one attached hydrogen (secondary N) is 2. The Kier molecular flexibility index (Phi) is 7.31. The number of aryl methyl sites for hydroxylation is 1. The first kappa shape index (κ1) is 24.2. The summed E-state index contributed by atoms with van der Waals surface area (Å²) in [6.07, 6.45) is -0.880. The predicted molar refractivity (Wildman–Crippen MR) is 119 cm³/mol. The average molecular weight is 527 g/mol. The number of carboxylic acids is 1. The van der Waals surface area contributed by atoms with Gasteiger partial charge in [-0.15, -0.1) is 0 Å². The molecule has 9 nitrogen and oxygen atoms in total. The molecule has 13 heteroatoms. The molecule has 3 aromatic heterocycles. The minimum Gasteiger partial charge on any atom is -0.477 e. The molecular formula is C20H18BrF3N6O3. The third-order valence-corrected chi connectivity index (χ3v) is 5.11. The average Bonchev–Trinajstić information content (AvgIpc) is 3.09. The third kappa shape index (κ3) is 5.66. The van der Waals surface area contributed by atoms with E-state index >= 15 is 0 Å². The third-order valence-electron chi connectivity index (χ3n) is 4.23. The van der Waals surface area contributed by atoms with Crippen LogP contribution in [0.15, 0.2) is 35.1 Å². The zero-order valence-electron chi connectivity index (χ0n) is 17.4. The number of alkyl halides is 3. The van der Waals surface area contributed by atoms with Crippen LogP contribution in [0.2, 0.25) is 0 Å². The molecule has 0 aliphatic carbocycles. The molecule has 0 aliphatic heterocycles. The Hall–Kier alpha value is -3.48. The molecule has 3 N–H and O–H groups in total. The van der Waals surface area contributed by atoms with Crippen molar-refractivity contribution in [1.82, 2.24) is 24.9 Å². The monoisotopic (exact) mass is 526 g/mol. The van der Waals surface area contributed by atoms with Crippen LogP contribution in [0.25, 0.3) is 22.1 Å². The van der Waals surface area contributed by atoms with Gasteiger partial charge in [-0.05, 0) is 47.5 Å². The number of aliphatic carboxylic acids is 1. The Morgan fingerprint density at radius 1 is 1.18 bits per heavy atom. The van der Waals surface area contributed by atoms with E-state index in [1.807, 2.05) is 25.1 Å². The summed E-state index contributed by atoms with van der Waals surface area (Å²) in [6.45, 7) is 4.54. The molecule has 33 heavy (non-hydrogen) atoms. The zero-order valence-corrected chi connectivity index (χ0v) is 19.0. The molecular weight excluding hydrogens is 509 g/mol. The van der Waals surface area contributed by atoms with Gasteiger partial charge in [0, 0.05) is 23.8 Å². The number of hydrogen-bond donors (Lipinski definition) is 3. The summed E-state index contributed by atoms with van der Waals surface area (Å²) in [5, 5.41) is 11.2. The molecule has 174 valence electrons. The Balaban J connectivity index is 0.000000383. The van der Waals surface area contributed by atoms with E-state index in [0.29, 0.717) is 18.4 Å². The maximum atomic E-state index is 10.6. The highest BCUT2D eigenvalue weighted by molar-refractivity contribution is 9.10. The summed E-state index contributed by atoms with van der Waals surface area (Å²) in [7, 11) is 0. The number of rotatable bonds is 5. The number of halogens is 4. The number of H-pyrrole nitrogens is 1. The molecule has 4 aromatic rings. The van der Waals surface area contributed by atoms with Gasteiger partial charge in [-0.1, -0.05) is 6.92 Å². The Morgan fingerprint density at radius 3 is 2.45 bits per heavy atom. The minimum absolute atomic E-state index is 0.459. The number of aromatic amines is 1. The lowest BCUT2D eigenvalue weighted by molar-refractivity contribution is -0.192. The van der Waals surface area contributed by atoms with Gasteiger partial charge >= 0.3 is 12.1 Å². The number of carbonyl (C=O) groups is 1. The summed E-state index contributed by atoms with van der Waals surface area (Å²) in [5.41, 5.74) is 4.27. The van der Waals surface area contributed by atoms with Crippen molar-refractivity contribution in [3.8, 4) is 5.88 Å². The summed E-state index contributed by atoms with van der Waals surface area (Å²) in [6, 6.07) is 5.75. The number of fused-ring (bicyclic) bond motifs is 2. The van der Waals surface area contributed by atoms with Crippen LogP contribution in [-0.2, 0) is 11.2 Å². The lowest BCUT2D eigenvalue weighted by atomic mass is 10.2. The van der Waals surface area contributed by atoms with E-state index in [1.54, 1.807) is 12.4 Å². The van der Waals surface area contributed by atoms with Gasteiger partial charge < -0.3 is 20.1 Å². The molecule has 0 fully saturated rings. The molecule has 0 saturated carbocycles. The van der Waals surface area contributed by atoms with Crippen LogP contribution < -0.4 is 10.1 Å². The van der Waals surface area contributed by atoms with Crippen molar-refractivity contribution in [2.45, 2.75) is 26.4 Å². The first-order valence-electron chi connectivity index (χ1n) is 9.62. The maximum Gasteiger partial charge on any atom is 0.490 e. The van der Waals surface area contributed by atoms with E-state index < -0.39 is 12.1 Å². The molecule has 3 heterocycles. The summed E-state index contributed by atoms with van der Waals surface area (Å²) in [5.74, 6) is -1.75. The Labute approximate surface area is 193 Å². The van der Waals surface area contributed by atoms with E-state index in [9.17, 15) is 13.2 Å². The molecule has 4 rings (SSSR count). The second-order valence-corrected chi connectivity index (χ2v) is 7.26. The SMILES string of the molecule is CCOc1nc(Nc2ccc3nccnc3c2)nc2[nH]c(CC)c(Br)c12.O=C(O)C(F)(F)F. The second-order valence-electron chi connectivity index (χ2n) is 6.47. The fourth-order valence-electron chi connectivity index (χ4n) is 2.79. The molecule has 0 saturated heterocycles. The van der Waals surface area contributed by atoms with Crippen molar-refractivity contribution >= 4 is 55.6 Å². The molecule has 0 spiro atoms. The van der Waals surface area contributed by atoms with E-state index in [2.05, 4.69) is 53.1 Å². The first-order valence-corrected chi connectivity index (χ1v) is 10.4. The number of hydrogen-bond acceptors (Lipinski definition) is 7. The molecule has 1 aromatic carbocycles. The molecule has 0 atom stereocenters. The van der Waals surface area contributed by atoms with E-state index in [0.717, 1.165) is 44.3 Å². The minimum atomic E-state index is -5.08. The highest BCUT2D eigenvalue weighted by Gasteiger charge is 2.38. The van der Waals surface area contributed by atoms with Crippen LogP contribution in [-0.4, -0.2) is 48.8 Å². The van der Waals surface area contributed by atoms with Crippen LogP contribution in [0, 0.1) is 0 Å². The van der Waals surface area contributed by atoms with Gasteiger partial charge in [-0.2, -0.15) is 23.1 Å². The standard InChI is InChI=1S/C18H17BrN6O.C2HF3O2/c1-3-11-15(19)14-16(23-11)24-18(25-17(14)26-4-2)22-10-5-6-12-13(9-10)21-8-7-20-12;3-2(4,5)1(6)7/h5-9H,3-4H2,1-2H3,(H2,22,23,24,25);(H,6,7). The zero-order chi connectivity index (χ0) is 24.2. The maximum absolute atomic E-state index is 10.6.